The van der Waals surface area contributed by atoms with E-state index < -0.39 is 5.60 Å². The molecule has 2 saturated heterocycles. The van der Waals surface area contributed by atoms with Crippen molar-refractivity contribution in [2.45, 2.75) is 30.2 Å². The third kappa shape index (κ3) is 3.28. The summed E-state index contributed by atoms with van der Waals surface area (Å²) in [5.41, 5.74) is 2.48. The van der Waals surface area contributed by atoms with Gasteiger partial charge in [0.2, 0.25) is 0 Å². The molecule has 0 spiro atoms. The molecule has 0 saturated carbocycles. The average Bonchev–Trinajstić information content (AvgIpc) is 3.52. The number of fused-ring (bicyclic) bond motifs is 1. The van der Waals surface area contributed by atoms with Gasteiger partial charge in [0.1, 0.15) is 23.9 Å². The minimum absolute atomic E-state index is 0.0215. The van der Waals surface area contributed by atoms with Gasteiger partial charge >= 0.3 is 0 Å². The number of methoxy groups -OCH3 is 1. The van der Waals surface area contributed by atoms with Crippen LogP contribution in [0.4, 0.5) is 0 Å². The van der Waals surface area contributed by atoms with E-state index in [1.165, 1.54) is 0 Å². The van der Waals surface area contributed by atoms with Crippen LogP contribution in [0.25, 0.3) is 0 Å². The predicted octanol–water partition coefficient (Wildman–Crippen LogP) is 4.13. The lowest BCUT2D eigenvalue weighted by atomic mass is 9.80. The molecule has 2 aliphatic heterocycles. The standard InChI is InChI=1S/C25H24O4/c1-26-24-23-22(29-23)21(28-24)17-27-25(18-11-5-2-6-12-18,19-13-7-3-8-14-19)20-15-9-4-10-16-20/h2-16,21-24H,17H2,1H3/t21-,22-,23+,24-/m0/s1. The maximum Gasteiger partial charge on any atom is 0.186 e. The van der Waals surface area contributed by atoms with Crippen LogP contribution in [0.3, 0.4) is 0 Å². The van der Waals surface area contributed by atoms with E-state index in [2.05, 4.69) is 36.4 Å². The van der Waals surface area contributed by atoms with E-state index in [0.29, 0.717) is 6.61 Å². The van der Waals surface area contributed by atoms with Crippen molar-refractivity contribution >= 4 is 0 Å². The summed E-state index contributed by atoms with van der Waals surface area (Å²) in [6.45, 7) is 0.402. The zero-order valence-electron chi connectivity index (χ0n) is 16.3. The Hall–Kier alpha value is -2.50. The normalized spacial score (nSPS) is 25.6. The molecule has 0 unspecified atom stereocenters. The molecular weight excluding hydrogens is 364 g/mol. The second-order valence-electron chi connectivity index (χ2n) is 7.43. The van der Waals surface area contributed by atoms with Gasteiger partial charge < -0.3 is 18.9 Å². The Bertz CT molecular complexity index is 832. The highest BCUT2D eigenvalue weighted by atomic mass is 16.8. The molecule has 0 aliphatic carbocycles. The van der Waals surface area contributed by atoms with Crippen molar-refractivity contribution < 1.29 is 18.9 Å². The number of ether oxygens (including phenoxy) is 4. The molecule has 4 nitrogen and oxygen atoms in total. The molecule has 0 N–H and O–H groups in total. The summed E-state index contributed by atoms with van der Waals surface area (Å²) in [6, 6.07) is 31.0. The molecule has 29 heavy (non-hydrogen) atoms. The van der Waals surface area contributed by atoms with E-state index in [1.54, 1.807) is 7.11 Å². The van der Waals surface area contributed by atoms with Gasteiger partial charge in [0.15, 0.2) is 6.29 Å². The van der Waals surface area contributed by atoms with Crippen LogP contribution in [-0.2, 0) is 24.5 Å². The lowest BCUT2D eigenvalue weighted by Crippen LogP contribution is -2.37. The minimum Gasteiger partial charge on any atom is -0.361 e. The molecule has 2 heterocycles. The van der Waals surface area contributed by atoms with E-state index in [4.69, 9.17) is 18.9 Å². The second kappa shape index (κ2) is 7.73. The van der Waals surface area contributed by atoms with Crippen LogP contribution in [0.5, 0.6) is 0 Å². The van der Waals surface area contributed by atoms with Crippen LogP contribution < -0.4 is 0 Å². The van der Waals surface area contributed by atoms with Crippen molar-refractivity contribution in [3.05, 3.63) is 108 Å². The highest BCUT2D eigenvalue weighted by molar-refractivity contribution is 5.47. The molecule has 0 aromatic heterocycles. The molecule has 3 aromatic rings. The molecule has 5 rings (SSSR count). The van der Waals surface area contributed by atoms with Crippen molar-refractivity contribution in [1.29, 1.82) is 0 Å². The summed E-state index contributed by atoms with van der Waals surface area (Å²) in [5, 5.41) is 0. The zero-order chi connectivity index (χ0) is 19.7. The summed E-state index contributed by atoms with van der Waals surface area (Å²) in [7, 11) is 1.65. The first-order valence-electron chi connectivity index (χ1n) is 9.97. The molecule has 4 heteroatoms. The minimum atomic E-state index is -0.747. The fourth-order valence-corrected chi connectivity index (χ4v) is 4.28. The number of hydrogen-bond acceptors (Lipinski definition) is 4. The van der Waals surface area contributed by atoms with Gasteiger partial charge in [0.25, 0.3) is 0 Å². The monoisotopic (exact) mass is 388 g/mol. The Morgan fingerprint density at radius 2 is 1.17 bits per heavy atom. The maximum absolute atomic E-state index is 6.80. The molecule has 0 amide bonds. The average molecular weight is 388 g/mol. The van der Waals surface area contributed by atoms with Crippen LogP contribution in [0.2, 0.25) is 0 Å². The van der Waals surface area contributed by atoms with Crippen LogP contribution >= 0.6 is 0 Å². The summed E-state index contributed by atoms with van der Waals surface area (Å²) >= 11 is 0. The smallest absolute Gasteiger partial charge is 0.186 e. The summed E-state index contributed by atoms with van der Waals surface area (Å²) in [5.74, 6) is 0. The number of hydrogen-bond donors (Lipinski definition) is 0. The molecule has 0 radical (unpaired) electrons. The van der Waals surface area contributed by atoms with Crippen molar-refractivity contribution in [3.63, 3.8) is 0 Å². The van der Waals surface area contributed by atoms with Gasteiger partial charge in [-0.05, 0) is 16.7 Å². The lowest BCUT2D eigenvalue weighted by molar-refractivity contribution is -0.178. The molecule has 4 atom stereocenters. The molecule has 3 aromatic carbocycles. The largest absolute Gasteiger partial charge is 0.361 e. The quantitative estimate of drug-likeness (QED) is 0.451. The zero-order valence-corrected chi connectivity index (χ0v) is 16.3. The van der Waals surface area contributed by atoms with Crippen LogP contribution in [0.15, 0.2) is 91.0 Å². The highest BCUT2D eigenvalue weighted by Gasteiger charge is 2.59. The third-order valence-electron chi connectivity index (χ3n) is 5.74. The van der Waals surface area contributed by atoms with Gasteiger partial charge in [-0.2, -0.15) is 0 Å². The highest BCUT2D eigenvalue weighted by Crippen LogP contribution is 2.44. The fourth-order valence-electron chi connectivity index (χ4n) is 4.28. The van der Waals surface area contributed by atoms with Gasteiger partial charge in [-0.25, -0.2) is 0 Å². The van der Waals surface area contributed by atoms with E-state index in [-0.39, 0.29) is 24.6 Å². The molecule has 0 bridgehead atoms. The number of benzene rings is 3. The summed E-state index contributed by atoms with van der Waals surface area (Å²) in [6.07, 6.45) is -0.401. The summed E-state index contributed by atoms with van der Waals surface area (Å²) in [4.78, 5) is 0. The Labute approximate surface area is 171 Å². The molecule has 2 fully saturated rings. The fraction of sp³-hybridized carbons (Fsp3) is 0.280. The Morgan fingerprint density at radius 3 is 1.59 bits per heavy atom. The lowest BCUT2D eigenvalue weighted by Gasteiger charge is -2.36. The van der Waals surface area contributed by atoms with Crippen LogP contribution in [0.1, 0.15) is 16.7 Å². The topological polar surface area (TPSA) is 40.2 Å². The summed E-state index contributed by atoms with van der Waals surface area (Å²) < 4.78 is 23.9. The molecular formula is C25H24O4. The van der Waals surface area contributed by atoms with Gasteiger partial charge in [0, 0.05) is 7.11 Å². The molecule has 148 valence electrons. The molecule has 2 aliphatic rings. The second-order valence-corrected chi connectivity index (χ2v) is 7.43. The van der Waals surface area contributed by atoms with E-state index in [0.717, 1.165) is 16.7 Å². The van der Waals surface area contributed by atoms with Crippen molar-refractivity contribution in [2.75, 3.05) is 13.7 Å². The van der Waals surface area contributed by atoms with Gasteiger partial charge in [0.05, 0.1) is 6.61 Å². The Kier molecular flexibility index (Phi) is 4.94. The first-order chi connectivity index (χ1) is 14.3. The van der Waals surface area contributed by atoms with Crippen molar-refractivity contribution in [3.8, 4) is 0 Å². The van der Waals surface area contributed by atoms with Gasteiger partial charge in [-0.15, -0.1) is 0 Å². The van der Waals surface area contributed by atoms with Crippen molar-refractivity contribution in [1.82, 2.24) is 0 Å². The number of epoxide rings is 1. The van der Waals surface area contributed by atoms with E-state index in [9.17, 15) is 0 Å². The van der Waals surface area contributed by atoms with Gasteiger partial charge in [-0.3, -0.25) is 0 Å². The number of rotatable bonds is 7. The van der Waals surface area contributed by atoms with Crippen molar-refractivity contribution in [2.24, 2.45) is 0 Å². The first kappa shape index (κ1) is 18.5. The Balaban J connectivity index is 1.57. The first-order valence-corrected chi connectivity index (χ1v) is 9.97. The third-order valence-corrected chi connectivity index (χ3v) is 5.74. The maximum atomic E-state index is 6.80. The predicted molar refractivity (Wildman–Crippen MR) is 109 cm³/mol. The van der Waals surface area contributed by atoms with E-state index >= 15 is 0 Å². The van der Waals surface area contributed by atoms with Crippen LogP contribution in [0, 0.1) is 0 Å². The Morgan fingerprint density at radius 1 is 0.690 bits per heavy atom. The van der Waals surface area contributed by atoms with Gasteiger partial charge in [-0.1, -0.05) is 91.0 Å². The van der Waals surface area contributed by atoms with E-state index in [1.807, 2.05) is 54.6 Å². The SMILES string of the molecule is CO[C@H]1O[C@@H](COC(c2ccccc2)(c2ccccc2)c2ccccc2)[C@@H]2O[C@@H]12. The van der Waals surface area contributed by atoms with Crippen LogP contribution in [-0.4, -0.2) is 38.3 Å².